The number of rotatable bonds is 3. The van der Waals surface area contributed by atoms with Crippen LogP contribution in [0.2, 0.25) is 0 Å². The molecule has 14 heavy (non-hydrogen) atoms. The van der Waals surface area contributed by atoms with Crippen molar-refractivity contribution < 1.29 is 25.2 Å². The van der Waals surface area contributed by atoms with E-state index in [1.807, 2.05) is 5.53 Å². The van der Waals surface area contributed by atoms with E-state index in [1.165, 1.54) is 0 Å². The van der Waals surface area contributed by atoms with E-state index in [9.17, 15) is 15.3 Å². The highest BCUT2D eigenvalue weighted by atomic mass is 16.6. The highest BCUT2D eigenvalue weighted by Gasteiger charge is 2.43. The minimum atomic E-state index is -1.36. The molecule has 8 nitrogen and oxygen atoms in total. The third-order valence-corrected chi connectivity index (χ3v) is 2.15. The van der Waals surface area contributed by atoms with Gasteiger partial charge in [0.05, 0.1) is 6.61 Å². The first kappa shape index (κ1) is 11.8. The van der Waals surface area contributed by atoms with Gasteiger partial charge in [-0.25, -0.2) is 5.43 Å². The average Bonchev–Trinajstić information content (AvgIpc) is 2.18. The fourth-order valence-electron chi connectivity index (χ4n) is 1.35. The Labute approximate surface area is 80.2 Å². The molecule has 5 unspecified atom stereocenters. The molecule has 0 radical (unpaired) electrons. The Balaban J connectivity index is 2.63. The lowest BCUT2D eigenvalue weighted by atomic mass is 9.98. The normalized spacial score (nSPS) is 43.9. The average molecular weight is 209 g/mol. The summed E-state index contributed by atoms with van der Waals surface area (Å²) >= 11 is 0. The van der Waals surface area contributed by atoms with Crippen LogP contribution in [-0.2, 0) is 4.74 Å². The highest BCUT2D eigenvalue weighted by molar-refractivity contribution is 4.91. The van der Waals surface area contributed by atoms with Gasteiger partial charge >= 0.3 is 0 Å². The Morgan fingerprint density at radius 2 is 1.86 bits per heavy atom. The molecular weight excluding hydrogens is 194 g/mol. The van der Waals surface area contributed by atoms with Crippen LogP contribution < -0.4 is 16.8 Å². The molecule has 1 aliphatic heterocycles. The molecule has 8 heteroatoms. The van der Waals surface area contributed by atoms with Gasteiger partial charge in [0.25, 0.3) is 0 Å². The van der Waals surface area contributed by atoms with Crippen LogP contribution in [0.5, 0.6) is 0 Å². The zero-order valence-electron chi connectivity index (χ0n) is 7.37. The molecule has 0 saturated carbocycles. The number of nitrogens with one attached hydrogen (secondary N) is 2. The van der Waals surface area contributed by atoms with Gasteiger partial charge in [-0.1, -0.05) is 0 Å². The van der Waals surface area contributed by atoms with Crippen molar-refractivity contribution in [2.24, 2.45) is 5.84 Å². The minimum Gasteiger partial charge on any atom is -0.394 e. The van der Waals surface area contributed by atoms with Crippen LogP contribution in [-0.4, -0.2) is 57.7 Å². The molecule has 1 rings (SSSR count). The number of aliphatic hydroxyl groups excluding tert-OH is 4. The highest BCUT2D eigenvalue weighted by Crippen LogP contribution is 2.18. The molecule has 0 bridgehead atoms. The van der Waals surface area contributed by atoms with E-state index in [-0.39, 0.29) is 0 Å². The van der Waals surface area contributed by atoms with Gasteiger partial charge in [0, 0.05) is 0 Å². The summed E-state index contributed by atoms with van der Waals surface area (Å²) in [4.78, 5) is 0. The van der Waals surface area contributed by atoms with Crippen LogP contribution in [0, 0.1) is 0 Å². The Hall–Kier alpha value is -0.320. The van der Waals surface area contributed by atoms with Gasteiger partial charge in [0.1, 0.15) is 24.4 Å². The number of hydrogen-bond acceptors (Lipinski definition) is 8. The van der Waals surface area contributed by atoms with Crippen molar-refractivity contribution in [2.75, 3.05) is 6.61 Å². The van der Waals surface area contributed by atoms with Crippen molar-refractivity contribution in [3.05, 3.63) is 0 Å². The lowest BCUT2D eigenvalue weighted by molar-refractivity contribution is -0.256. The van der Waals surface area contributed by atoms with Crippen molar-refractivity contribution in [1.82, 2.24) is 11.0 Å². The summed E-state index contributed by atoms with van der Waals surface area (Å²) in [5, 5.41) is 37.0. The lowest BCUT2D eigenvalue weighted by Gasteiger charge is -2.40. The van der Waals surface area contributed by atoms with Crippen LogP contribution in [0.15, 0.2) is 0 Å². The van der Waals surface area contributed by atoms with Gasteiger partial charge in [-0.2, -0.15) is 5.53 Å². The van der Waals surface area contributed by atoms with Gasteiger partial charge < -0.3 is 25.2 Å². The molecule has 5 atom stereocenters. The van der Waals surface area contributed by atoms with E-state index >= 15 is 0 Å². The van der Waals surface area contributed by atoms with Crippen LogP contribution in [0.4, 0.5) is 0 Å². The second kappa shape index (κ2) is 4.96. The number of hydrogen-bond donors (Lipinski definition) is 7. The SMILES string of the molecule is NNNC1C(O)OC(CO)C(O)C1O. The molecule has 1 aliphatic rings. The fraction of sp³-hybridized carbons (Fsp3) is 1.00. The van der Waals surface area contributed by atoms with Crippen molar-refractivity contribution >= 4 is 0 Å². The first-order chi connectivity index (χ1) is 6.61. The number of nitrogens with two attached hydrogens (primary N) is 1. The molecule has 0 amide bonds. The van der Waals surface area contributed by atoms with E-state index in [4.69, 9.17) is 15.7 Å². The van der Waals surface area contributed by atoms with Crippen molar-refractivity contribution in [3.8, 4) is 0 Å². The van der Waals surface area contributed by atoms with E-state index in [0.29, 0.717) is 0 Å². The topological polar surface area (TPSA) is 140 Å². The van der Waals surface area contributed by atoms with E-state index < -0.39 is 37.3 Å². The second-order valence-corrected chi connectivity index (χ2v) is 3.04. The number of hydrazine groups is 2. The first-order valence-electron chi connectivity index (χ1n) is 4.13. The van der Waals surface area contributed by atoms with Gasteiger partial charge in [-0.05, 0) is 0 Å². The van der Waals surface area contributed by atoms with Gasteiger partial charge in [-0.15, -0.1) is 0 Å². The molecule has 0 aromatic rings. The summed E-state index contributed by atoms with van der Waals surface area (Å²) in [6.45, 7) is -0.488. The molecule has 1 fully saturated rings. The maximum Gasteiger partial charge on any atom is 0.174 e. The summed E-state index contributed by atoms with van der Waals surface area (Å²) in [6, 6.07) is -0.960. The van der Waals surface area contributed by atoms with Crippen molar-refractivity contribution in [1.29, 1.82) is 0 Å². The maximum atomic E-state index is 9.48. The molecule has 84 valence electrons. The zero-order valence-corrected chi connectivity index (χ0v) is 7.37. The molecule has 0 aliphatic carbocycles. The fourth-order valence-corrected chi connectivity index (χ4v) is 1.35. The Morgan fingerprint density at radius 3 is 2.36 bits per heavy atom. The van der Waals surface area contributed by atoms with Crippen molar-refractivity contribution in [2.45, 2.75) is 30.6 Å². The minimum absolute atomic E-state index is 0.488. The van der Waals surface area contributed by atoms with Crippen molar-refractivity contribution in [3.63, 3.8) is 0 Å². The molecule has 1 saturated heterocycles. The lowest BCUT2D eigenvalue weighted by Crippen LogP contribution is -2.66. The molecule has 8 N–H and O–H groups in total. The van der Waals surface area contributed by atoms with Gasteiger partial charge in [-0.3, -0.25) is 5.84 Å². The summed E-state index contributed by atoms with van der Waals surface area (Å²) < 4.78 is 4.82. The standard InChI is InChI=1S/C6H15N3O5/c7-9-8-3-5(12)4(11)2(1-10)14-6(3)13/h2-6,8-13H,1,7H2. The van der Waals surface area contributed by atoms with E-state index in [2.05, 4.69) is 5.43 Å². The quantitative estimate of drug-likeness (QED) is 0.183. The maximum absolute atomic E-state index is 9.48. The number of aliphatic hydroxyl groups is 4. The van der Waals surface area contributed by atoms with Crippen LogP contribution >= 0.6 is 0 Å². The van der Waals surface area contributed by atoms with Crippen LogP contribution in [0.1, 0.15) is 0 Å². The number of ether oxygens (including phenoxy) is 1. The molecule has 0 aromatic carbocycles. The monoisotopic (exact) mass is 209 g/mol. The Morgan fingerprint density at radius 1 is 1.21 bits per heavy atom. The van der Waals surface area contributed by atoms with Gasteiger partial charge in [0.15, 0.2) is 6.29 Å². The predicted octanol–water partition coefficient (Wildman–Crippen LogP) is -4.25. The third-order valence-electron chi connectivity index (χ3n) is 2.15. The molecule has 0 aromatic heterocycles. The van der Waals surface area contributed by atoms with Gasteiger partial charge in [0.2, 0.25) is 0 Å². The van der Waals surface area contributed by atoms with E-state index in [1.54, 1.807) is 0 Å². The first-order valence-corrected chi connectivity index (χ1v) is 4.13. The summed E-state index contributed by atoms with van der Waals surface area (Å²) in [5.74, 6) is 4.93. The predicted molar refractivity (Wildman–Crippen MR) is 44.2 cm³/mol. The smallest absolute Gasteiger partial charge is 0.174 e. The van der Waals surface area contributed by atoms with Crippen LogP contribution in [0.3, 0.4) is 0 Å². The largest absolute Gasteiger partial charge is 0.394 e. The summed E-state index contributed by atoms with van der Waals surface area (Å²) in [7, 11) is 0. The Kier molecular flexibility index (Phi) is 4.16. The van der Waals surface area contributed by atoms with E-state index in [0.717, 1.165) is 0 Å². The summed E-state index contributed by atoms with van der Waals surface area (Å²) in [6.07, 6.45) is -4.93. The van der Waals surface area contributed by atoms with Crippen LogP contribution in [0.25, 0.3) is 0 Å². The molecule has 0 spiro atoms. The second-order valence-electron chi connectivity index (χ2n) is 3.04. The molecule has 1 heterocycles. The zero-order chi connectivity index (χ0) is 10.7. The summed E-state index contributed by atoms with van der Waals surface area (Å²) in [5.41, 5.74) is 4.35. The Bertz CT molecular complexity index is 183. The molecular formula is C6H15N3O5. The third kappa shape index (κ3) is 2.19.